The second kappa shape index (κ2) is 25.6. The summed E-state index contributed by atoms with van der Waals surface area (Å²) in [5, 5.41) is 13.8. The van der Waals surface area contributed by atoms with Crippen LogP contribution in [0, 0.1) is 0 Å². The van der Waals surface area contributed by atoms with E-state index in [1.807, 2.05) is 25.2 Å². The van der Waals surface area contributed by atoms with Crippen LogP contribution in [0.25, 0.3) is 216 Å². The van der Waals surface area contributed by atoms with Gasteiger partial charge in [0, 0.05) is 95.9 Å². The highest BCUT2D eigenvalue weighted by Crippen LogP contribution is 2.53. The Balaban J connectivity index is 0.632. The van der Waals surface area contributed by atoms with Crippen LogP contribution < -0.4 is 0 Å². The predicted molar refractivity (Wildman–Crippen MR) is 481 cm³/mol. The van der Waals surface area contributed by atoms with Gasteiger partial charge in [0.2, 0.25) is 11.9 Å². The van der Waals surface area contributed by atoms with Gasteiger partial charge in [0.25, 0.3) is 0 Å². The lowest BCUT2D eigenvalue weighted by Gasteiger charge is -2.22. The first-order valence-electron chi connectivity index (χ1n) is 38.9. The summed E-state index contributed by atoms with van der Waals surface area (Å²) in [4.78, 5) is 27.4. The molecule has 0 spiro atoms. The standard InChI is InChI=1S/C105H64N8S2/c1-3-4-6-20-62(2)63-35-45-74(46-36-63)111-87-30-15-11-25-76(87)79-49-39-70(59-93(79)111)71-40-50-80-77-26-12-17-32-89(77)113(94(80)60-71)104-106-85-29-19-34-97-100(85)103(109-104)84-57-69(44-54-96(84)114-97)72-58-86-101-98(61-72)115-95-33-18-14-28-81(95)102(101)108-105(107-86)112-91-52-43-68(56-83(91)99-75-24-10-9-23-66(75)41-53-92(99)112)67-42-51-90-82(55-67)78-27-13-16-31-88(78)110(90)73-47-37-65(38-48-73)64-21-7-5-8-22-64/h3-61H,2H2,1H3/b4-3-,20-6-. The highest BCUT2D eigenvalue weighted by molar-refractivity contribution is 8.00. The molecule has 2 aliphatic heterocycles. The summed E-state index contributed by atoms with van der Waals surface area (Å²) < 4.78 is 9.39. The lowest BCUT2D eigenvalue weighted by Crippen LogP contribution is -2.06. The minimum Gasteiger partial charge on any atom is -0.309 e. The molecule has 2 aliphatic rings. The molecular formula is C105H64N8S2. The molecule has 0 saturated carbocycles. The molecule has 0 aliphatic carbocycles. The third kappa shape index (κ3) is 10.2. The SMILES string of the molecule is C=C(/C=C\C=C/C)c1ccc(-n2c3ccccc3c3ccc(-c4ccc5c6ccccc6n(-c6nc7c8c(cccc8n6)Sc6ccc(-c8cc9c%10c(nc(-n%11c%12ccc(-c%13ccc%14c(c%13)c%13ccccc%13n%14-c%13ccc(-c%14ccccc%14)cc%13)cc%12c%12c%13ccccc%13ccc%12%11)nc%10c8)-c8ccccc8S9)cc6-7)c5c4)cc32)cc1. The molecule has 6 aromatic heterocycles. The van der Waals surface area contributed by atoms with Crippen LogP contribution in [0.3, 0.4) is 0 Å². The maximum atomic E-state index is 5.80. The number of hydrogen-bond acceptors (Lipinski definition) is 6. The van der Waals surface area contributed by atoms with Crippen molar-refractivity contribution < 1.29 is 0 Å². The lowest BCUT2D eigenvalue weighted by atomic mass is 9.97. The average Bonchev–Trinajstić information content (AvgIpc) is 1.67. The number of hydrogen-bond donors (Lipinski definition) is 0. The summed E-state index contributed by atoms with van der Waals surface area (Å²) in [5.41, 5.74) is 27.8. The van der Waals surface area contributed by atoms with Crippen molar-refractivity contribution in [1.29, 1.82) is 0 Å². The van der Waals surface area contributed by atoms with Gasteiger partial charge in [0.1, 0.15) is 0 Å². The molecule has 22 aromatic rings. The van der Waals surface area contributed by atoms with Crippen LogP contribution in [0.15, 0.2) is 384 Å². The Kier molecular flexibility index (Phi) is 14.5. The average molecular weight is 1500 g/mol. The van der Waals surface area contributed by atoms with Crippen molar-refractivity contribution in [2.24, 2.45) is 0 Å². The van der Waals surface area contributed by atoms with Crippen molar-refractivity contribution in [3.63, 3.8) is 0 Å². The maximum absolute atomic E-state index is 5.80. The van der Waals surface area contributed by atoms with E-state index in [-0.39, 0.29) is 0 Å². The largest absolute Gasteiger partial charge is 0.309 e. The number of aromatic nitrogens is 8. The molecule has 24 rings (SSSR count). The normalized spacial score (nSPS) is 12.6. The second-order valence-corrected chi connectivity index (χ2v) is 32.2. The molecular weight excluding hydrogens is 1440 g/mol. The Bertz CT molecular complexity index is 8050. The second-order valence-electron chi connectivity index (χ2n) is 30.0. The van der Waals surface area contributed by atoms with Gasteiger partial charge in [0.15, 0.2) is 0 Å². The van der Waals surface area contributed by atoms with Gasteiger partial charge in [0.05, 0.1) is 66.6 Å². The molecule has 0 unspecified atom stereocenters. The Labute approximate surface area is 669 Å². The summed E-state index contributed by atoms with van der Waals surface area (Å²) in [6.45, 7) is 6.39. The number of benzene rings is 16. The van der Waals surface area contributed by atoms with Crippen molar-refractivity contribution in [3.05, 3.63) is 370 Å². The molecule has 115 heavy (non-hydrogen) atoms. The van der Waals surface area contributed by atoms with Gasteiger partial charge in [-0.1, -0.05) is 261 Å². The van der Waals surface area contributed by atoms with Gasteiger partial charge in [-0.3, -0.25) is 9.13 Å². The topological polar surface area (TPSA) is 71.3 Å². The molecule has 10 heteroatoms. The molecule has 16 aromatic carbocycles. The zero-order valence-electron chi connectivity index (χ0n) is 62.2. The van der Waals surface area contributed by atoms with Crippen LogP contribution in [-0.2, 0) is 0 Å². The summed E-state index contributed by atoms with van der Waals surface area (Å²) >= 11 is 3.58. The highest BCUT2D eigenvalue weighted by atomic mass is 32.2. The first-order chi connectivity index (χ1) is 56.9. The minimum absolute atomic E-state index is 0.615. The van der Waals surface area contributed by atoms with E-state index in [2.05, 4.69) is 365 Å². The molecule has 0 saturated heterocycles. The molecule has 536 valence electrons. The van der Waals surface area contributed by atoms with E-state index >= 15 is 0 Å². The zero-order chi connectivity index (χ0) is 75.7. The van der Waals surface area contributed by atoms with Gasteiger partial charge < -0.3 is 9.13 Å². The van der Waals surface area contributed by atoms with Crippen LogP contribution in [0.1, 0.15) is 12.5 Å². The third-order valence-electron chi connectivity index (χ3n) is 23.6. The predicted octanol–water partition coefficient (Wildman–Crippen LogP) is 28.2. The fourth-order valence-electron chi connectivity index (χ4n) is 18.3. The van der Waals surface area contributed by atoms with Crippen molar-refractivity contribution >= 4 is 149 Å². The molecule has 0 radical (unpaired) electrons. The monoisotopic (exact) mass is 1500 g/mol. The Morgan fingerprint density at radius 1 is 0.287 bits per heavy atom. The summed E-state index contributed by atoms with van der Waals surface area (Å²) in [6, 6.07) is 122. The quantitative estimate of drug-likeness (QED) is 0.120. The first kappa shape index (κ1) is 65.3. The fraction of sp³-hybridized carbons (Fsp3) is 0.00952. The number of nitrogens with zero attached hydrogens (tertiary/aromatic N) is 8. The number of rotatable bonds is 11. The molecule has 8 nitrogen and oxygen atoms in total. The van der Waals surface area contributed by atoms with Gasteiger partial charge in [-0.25, -0.2) is 19.9 Å². The molecule has 8 heterocycles. The fourth-order valence-corrected chi connectivity index (χ4v) is 20.5. The Morgan fingerprint density at radius 2 is 0.774 bits per heavy atom. The van der Waals surface area contributed by atoms with E-state index in [1.54, 1.807) is 23.5 Å². The van der Waals surface area contributed by atoms with Crippen molar-refractivity contribution in [1.82, 2.24) is 38.2 Å². The molecule has 0 bridgehead atoms. The van der Waals surface area contributed by atoms with Crippen molar-refractivity contribution in [2.45, 2.75) is 26.5 Å². The van der Waals surface area contributed by atoms with E-state index in [1.165, 1.54) is 49.0 Å². The van der Waals surface area contributed by atoms with Crippen molar-refractivity contribution in [3.8, 4) is 90.3 Å². The lowest BCUT2D eigenvalue weighted by molar-refractivity contribution is 1.01. The van der Waals surface area contributed by atoms with Gasteiger partial charge in [-0.2, -0.15) is 0 Å². The van der Waals surface area contributed by atoms with Crippen LogP contribution >= 0.6 is 23.5 Å². The molecule has 0 N–H and O–H groups in total. The third-order valence-corrected chi connectivity index (χ3v) is 25.9. The summed E-state index contributed by atoms with van der Waals surface area (Å²) in [7, 11) is 0. The smallest absolute Gasteiger partial charge is 0.235 e. The van der Waals surface area contributed by atoms with Gasteiger partial charge in [-0.15, -0.1) is 0 Å². The molecule has 0 atom stereocenters. The van der Waals surface area contributed by atoms with Gasteiger partial charge >= 0.3 is 0 Å². The Hall–Kier alpha value is -14.4. The number of allylic oxidation sites excluding steroid dienone is 5. The van der Waals surface area contributed by atoms with Gasteiger partial charge in [-0.05, 0) is 201 Å². The van der Waals surface area contributed by atoms with Crippen LogP contribution in [0.4, 0.5) is 0 Å². The van der Waals surface area contributed by atoms with E-state index in [9.17, 15) is 0 Å². The zero-order valence-corrected chi connectivity index (χ0v) is 63.8. The minimum atomic E-state index is 0.615. The van der Waals surface area contributed by atoms with Crippen molar-refractivity contribution in [2.75, 3.05) is 0 Å². The van der Waals surface area contributed by atoms with E-state index in [0.717, 1.165) is 180 Å². The van der Waals surface area contributed by atoms with E-state index in [4.69, 9.17) is 19.9 Å². The van der Waals surface area contributed by atoms with Crippen LogP contribution in [0.2, 0.25) is 0 Å². The number of para-hydroxylation sites is 3. The molecule has 0 fully saturated rings. The summed E-state index contributed by atoms with van der Waals surface area (Å²) in [6.07, 6.45) is 8.15. The van der Waals surface area contributed by atoms with Crippen LogP contribution in [0.5, 0.6) is 0 Å². The van der Waals surface area contributed by atoms with E-state index < -0.39 is 0 Å². The highest BCUT2D eigenvalue weighted by Gasteiger charge is 2.30. The maximum Gasteiger partial charge on any atom is 0.235 e. The summed E-state index contributed by atoms with van der Waals surface area (Å²) in [5.74, 6) is 1.23. The van der Waals surface area contributed by atoms with Crippen LogP contribution in [-0.4, -0.2) is 38.2 Å². The molecule has 0 amide bonds. The first-order valence-corrected chi connectivity index (χ1v) is 40.6. The Morgan fingerprint density at radius 3 is 1.50 bits per heavy atom. The number of fused-ring (bicyclic) bond motifs is 18. The van der Waals surface area contributed by atoms with E-state index in [0.29, 0.717) is 11.9 Å².